The SMILES string of the molecule is CC(C)(C)CC(=O)NCC#CCOc1ccc2c(c1)OCO2. The molecule has 0 atom stereocenters. The van der Waals surface area contributed by atoms with Crippen molar-refractivity contribution < 1.29 is 19.0 Å². The van der Waals surface area contributed by atoms with Gasteiger partial charge in [-0.05, 0) is 17.5 Å². The number of hydrogen-bond acceptors (Lipinski definition) is 4. The van der Waals surface area contributed by atoms with E-state index in [1.807, 2.05) is 20.8 Å². The molecule has 1 aromatic rings. The summed E-state index contributed by atoms with van der Waals surface area (Å²) in [5.41, 5.74) is -0.0139. The Hall–Kier alpha value is -2.35. The summed E-state index contributed by atoms with van der Waals surface area (Å²) in [7, 11) is 0. The van der Waals surface area contributed by atoms with E-state index in [1.54, 1.807) is 18.2 Å². The van der Waals surface area contributed by atoms with Crippen LogP contribution in [-0.2, 0) is 4.79 Å². The maximum Gasteiger partial charge on any atom is 0.231 e. The molecule has 1 aromatic carbocycles. The highest BCUT2D eigenvalue weighted by Crippen LogP contribution is 2.34. The van der Waals surface area contributed by atoms with Crippen molar-refractivity contribution in [3.63, 3.8) is 0 Å². The summed E-state index contributed by atoms with van der Waals surface area (Å²) in [4.78, 5) is 11.6. The fourth-order valence-corrected chi connectivity index (χ4v) is 1.89. The minimum Gasteiger partial charge on any atom is -0.481 e. The lowest BCUT2D eigenvalue weighted by Crippen LogP contribution is -2.27. The first-order valence-corrected chi connectivity index (χ1v) is 7.19. The molecule has 0 radical (unpaired) electrons. The van der Waals surface area contributed by atoms with Gasteiger partial charge in [-0.25, -0.2) is 0 Å². The van der Waals surface area contributed by atoms with E-state index in [9.17, 15) is 4.79 Å². The Morgan fingerprint density at radius 2 is 2.05 bits per heavy atom. The average molecular weight is 303 g/mol. The van der Waals surface area contributed by atoms with E-state index < -0.39 is 0 Å². The van der Waals surface area contributed by atoms with E-state index in [0.717, 1.165) is 5.75 Å². The molecule has 1 aliphatic rings. The Labute approximate surface area is 130 Å². The van der Waals surface area contributed by atoms with E-state index in [0.29, 0.717) is 24.5 Å². The maximum absolute atomic E-state index is 11.6. The highest BCUT2D eigenvalue weighted by Gasteiger charge is 2.15. The molecule has 118 valence electrons. The summed E-state index contributed by atoms with van der Waals surface area (Å²) in [5.74, 6) is 7.81. The molecule has 1 amide bonds. The molecule has 2 rings (SSSR count). The minimum absolute atomic E-state index is 0.0125. The van der Waals surface area contributed by atoms with Crippen LogP contribution in [0.2, 0.25) is 0 Å². The van der Waals surface area contributed by atoms with E-state index in [2.05, 4.69) is 17.2 Å². The van der Waals surface area contributed by atoms with Crippen LogP contribution in [0.15, 0.2) is 18.2 Å². The third-order valence-corrected chi connectivity index (χ3v) is 2.84. The Morgan fingerprint density at radius 3 is 2.82 bits per heavy atom. The number of carbonyl (C=O) groups is 1. The van der Waals surface area contributed by atoms with Gasteiger partial charge in [0.25, 0.3) is 0 Å². The smallest absolute Gasteiger partial charge is 0.231 e. The van der Waals surface area contributed by atoms with Crippen LogP contribution < -0.4 is 19.5 Å². The predicted molar refractivity (Wildman–Crippen MR) is 82.9 cm³/mol. The highest BCUT2D eigenvalue weighted by atomic mass is 16.7. The third kappa shape index (κ3) is 5.21. The molecule has 0 saturated heterocycles. The van der Waals surface area contributed by atoms with E-state index in [-0.39, 0.29) is 24.7 Å². The van der Waals surface area contributed by atoms with E-state index in [1.165, 1.54) is 0 Å². The quantitative estimate of drug-likeness (QED) is 0.868. The molecule has 5 nitrogen and oxygen atoms in total. The van der Waals surface area contributed by atoms with Crippen molar-refractivity contribution in [2.75, 3.05) is 19.9 Å². The second kappa shape index (κ2) is 7.08. The molecule has 0 bridgehead atoms. The molecular formula is C17H21NO4. The average Bonchev–Trinajstić information content (AvgIpc) is 2.88. The molecular weight excluding hydrogens is 282 g/mol. The molecule has 1 heterocycles. The summed E-state index contributed by atoms with van der Waals surface area (Å²) in [6.07, 6.45) is 0.488. The molecule has 0 unspecified atom stereocenters. The molecule has 0 saturated carbocycles. The molecule has 0 aliphatic carbocycles. The van der Waals surface area contributed by atoms with Crippen molar-refractivity contribution in [2.45, 2.75) is 27.2 Å². The standard InChI is InChI=1S/C17H21NO4/c1-17(2,3)11-16(19)18-8-4-5-9-20-13-6-7-14-15(10-13)22-12-21-14/h6-7,10H,8-9,11-12H2,1-3H3,(H,18,19). The van der Waals surface area contributed by atoms with Crippen molar-refractivity contribution in [3.8, 4) is 29.1 Å². The van der Waals surface area contributed by atoms with Gasteiger partial charge in [-0.1, -0.05) is 32.6 Å². The van der Waals surface area contributed by atoms with Crippen molar-refractivity contribution >= 4 is 5.91 Å². The first-order valence-electron chi connectivity index (χ1n) is 7.19. The van der Waals surface area contributed by atoms with Gasteiger partial charge in [0, 0.05) is 12.5 Å². The fraction of sp³-hybridized carbons (Fsp3) is 0.471. The summed E-state index contributed by atoms with van der Waals surface area (Å²) in [5, 5.41) is 2.77. The predicted octanol–water partition coefficient (Wildman–Crippen LogP) is 2.35. The number of hydrogen-bond donors (Lipinski definition) is 1. The molecule has 0 spiro atoms. The zero-order valence-electron chi connectivity index (χ0n) is 13.2. The lowest BCUT2D eigenvalue weighted by atomic mass is 9.92. The van der Waals surface area contributed by atoms with Gasteiger partial charge in [-0.2, -0.15) is 0 Å². The molecule has 1 aliphatic heterocycles. The topological polar surface area (TPSA) is 56.8 Å². The Morgan fingerprint density at radius 1 is 1.27 bits per heavy atom. The van der Waals surface area contributed by atoms with Gasteiger partial charge in [-0.15, -0.1) is 0 Å². The van der Waals surface area contributed by atoms with E-state index in [4.69, 9.17) is 14.2 Å². The van der Waals surface area contributed by atoms with Crippen LogP contribution >= 0.6 is 0 Å². The highest BCUT2D eigenvalue weighted by molar-refractivity contribution is 5.76. The Kier molecular flexibility index (Phi) is 5.16. The third-order valence-electron chi connectivity index (χ3n) is 2.84. The monoisotopic (exact) mass is 303 g/mol. The molecule has 1 N–H and O–H groups in total. The van der Waals surface area contributed by atoms with Crippen molar-refractivity contribution in [2.24, 2.45) is 5.41 Å². The fourth-order valence-electron chi connectivity index (χ4n) is 1.89. The normalized spacial score (nSPS) is 12.3. The lowest BCUT2D eigenvalue weighted by Gasteiger charge is -2.16. The maximum atomic E-state index is 11.6. The van der Waals surface area contributed by atoms with Gasteiger partial charge in [0.1, 0.15) is 12.4 Å². The van der Waals surface area contributed by atoms with Crippen LogP contribution in [0.5, 0.6) is 17.2 Å². The van der Waals surface area contributed by atoms with Crippen molar-refractivity contribution in [3.05, 3.63) is 18.2 Å². The number of carbonyl (C=O) groups excluding carboxylic acids is 1. The van der Waals surface area contributed by atoms with Gasteiger partial charge < -0.3 is 19.5 Å². The van der Waals surface area contributed by atoms with Crippen LogP contribution in [0, 0.1) is 17.3 Å². The van der Waals surface area contributed by atoms with Gasteiger partial charge in [-0.3, -0.25) is 4.79 Å². The number of benzene rings is 1. The molecule has 0 aromatic heterocycles. The second-order valence-corrected chi connectivity index (χ2v) is 6.17. The largest absolute Gasteiger partial charge is 0.481 e. The van der Waals surface area contributed by atoms with Gasteiger partial charge in [0.05, 0.1) is 6.54 Å². The summed E-state index contributed by atoms with van der Waals surface area (Å²) in [6.45, 7) is 6.91. The van der Waals surface area contributed by atoms with Crippen molar-refractivity contribution in [1.82, 2.24) is 5.32 Å². The summed E-state index contributed by atoms with van der Waals surface area (Å²) in [6, 6.07) is 5.38. The Balaban J connectivity index is 1.68. The van der Waals surface area contributed by atoms with Gasteiger partial charge in [0.15, 0.2) is 11.5 Å². The second-order valence-electron chi connectivity index (χ2n) is 6.17. The molecule has 22 heavy (non-hydrogen) atoms. The van der Waals surface area contributed by atoms with Crippen LogP contribution in [0.4, 0.5) is 0 Å². The first-order chi connectivity index (χ1) is 10.4. The first kappa shape index (κ1) is 16.0. The molecule has 5 heteroatoms. The zero-order chi connectivity index (χ0) is 16.0. The van der Waals surface area contributed by atoms with Crippen LogP contribution in [0.3, 0.4) is 0 Å². The zero-order valence-corrected chi connectivity index (χ0v) is 13.2. The number of rotatable bonds is 4. The number of ether oxygens (including phenoxy) is 3. The van der Waals surface area contributed by atoms with Gasteiger partial charge >= 0.3 is 0 Å². The number of nitrogens with one attached hydrogen (secondary N) is 1. The summed E-state index contributed by atoms with van der Waals surface area (Å²) < 4.78 is 16.0. The van der Waals surface area contributed by atoms with Crippen LogP contribution in [0.1, 0.15) is 27.2 Å². The van der Waals surface area contributed by atoms with Crippen molar-refractivity contribution in [1.29, 1.82) is 0 Å². The minimum atomic E-state index is -0.0139. The summed E-state index contributed by atoms with van der Waals surface area (Å²) >= 11 is 0. The van der Waals surface area contributed by atoms with E-state index >= 15 is 0 Å². The Bertz CT molecular complexity index is 593. The number of amides is 1. The number of fused-ring (bicyclic) bond motifs is 1. The van der Waals surface area contributed by atoms with Crippen LogP contribution in [0.25, 0.3) is 0 Å². The lowest BCUT2D eigenvalue weighted by molar-refractivity contribution is -0.122. The van der Waals surface area contributed by atoms with Crippen LogP contribution in [-0.4, -0.2) is 25.9 Å². The van der Waals surface area contributed by atoms with Gasteiger partial charge in [0.2, 0.25) is 12.7 Å². The molecule has 0 fully saturated rings.